The van der Waals surface area contributed by atoms with E-state index in [1.807, 2.05) is 0 Å². The maximum atomic E-state index is 12.2. The van der Waals surface area contributed by atoms with Gasteiger partial charge >= 0.3 is 0 Å². The van der Waals surface area contributed by atoms with Crippen molar-refractivity contribution in [2.75, 3.05) is 13.2 Å². The van der Waals surface area contributed by atoms with Gasteiger partial charge in [-0.2, -0.15) is 0 Å². The Balaban J connectivity index is 3.21. The lowest BCUT2D eigenvalue weighted by Crippen LogP contribution is -2.53. The molecule has 0 saturated carbocycles. The van der Waals surface area contributed by atoms with E-state index >= 15 is 0 Å². The molecule has 1 amide bonds. The average Bonchev–Trinajstić information content (AvgIpc) is 2.47. The summed E-state index contributed by atoms with van der Waals surface area (Å²) in [5, 5.41) is 31.5. The SMILES string of the molecule is CCC(CO)(CO)NC(=O)c1cc([N+](=O)[O-])cc(Cl)c1Cl. The van der Waals surface area contributed by atoms with Crippen molar-refractivity contribution in [1.82, 2.24) is 5.32 Å². The third-order valence-electron chi connectivity index (χ3n) is 3.13. The van der Waals surface area contributed by atoms with Crippen LogP contribution in [0.2, 0.25) is 10.0 Å². The summed E-state index contributed by atoms with van der Waals surface area (Å²) in [6.07, 6.45) is 0.256. The molecule has 0 aliphatic heterocycles. The summed E-state index contributed by atoms with van der Waals surface area (Å²) < 4.78 is 0. The molecule has 0 bridgehead atoms. The number of rotatable bonds is 6. The second-order valence-corrected chi connectivity index (χ2v) is 5.24. The fraction of sp³-hybridized carbons (Fsp3) is 0.417. The normalized spacial score (nSPS) is 11.3. The van der Waals surface area contributed by atoms with E-state index in [1.165, 1.54) is 0 Å². The number of halogens is 2. The largest absolute Gasteiger partial charge is 0.394 e. The number of carbonyl (C=O) groups excluding carboxylic acids is 1. The molecule has 116 valence electrons. The number of benzene rings is 1. The minimum atomic E-state index is -1.24. The van der Waals surface area contributed by atoms with Gasteiger partial charge in [0.1, 0.15) is 0 Å². The quantitative estimate of drug-likeness (QED) is 0.541. The van der Waals surface area contributed by atoms with Crippen molar-refractivity contribution < 1.29 is 19.9 Å². The highest BCUT2D eigenvalue weighted by Gasteiger charge is 2.30. The van der Waals surface area contributed by atoms with Crippen LogP contribution in [0.5, 0.6) is 0 Å². The number of nitrogens with zero attached hydrogens (tertiary/aromatic N) is 1. The van der Waals surface area contributed by atoms with Gasteiger partial charge in [-0.15, -0.1) is 0 Å². The lowest BCUT2D eigenvalue weighted by molar-refractivity contribution is -0.384. The Kier molecular flexibility index (Phi) is 5.91. The first-order valence-corrected chi connectivity index (χ1v) is 6.73. The van der Waals surface area contributed by atoms with Crippen molar-refractivity contribution >= 4 is 34.8 Å². The number of aliphatic hydroxyl groups is 2. The molecule has 7 nitrogen and oxygen atoms in total. The van der Waals surface area contributed by atoms with Crippen LogP contribution in [0.1, 0.15) is 23.7 Å². The Hall–Kier alpha value is -1.41. The zero-order valence-corrected chi connectivity index (χ0v) is 12.6. The Morgan fingerprint density at radius 1 is 1.38 bits per heavy atom. The maximum Gasteiger partial charge on any atom is 0.271 e. The zero-order valence-electron chi connectivity index (χ0n) is 11.1. The van der Waals surface area contributed by atoms with Crippen LogP contribution < -0.4 is 5.32 Å². The number of amides is 1. The van der Waals surface area contributed by atoms with Crippen molar-refractivity contribution in [2.24, 2.45) is 0 Å². The molecule has 21 heavy (non-hydrogen) atoms. The van der Waals surface area contributed by atoms with Crippen LogP contribution in [0, 0.1) is 10.1 Å². The molecule has 1 aromatic rings. The third-order valence-corrected chi connectivity index (χ3v) is 3.93. The smallest absolute Gasteiger partial charge is 0.271 e. The molecule has 0 radical (unpaired) electrons. The van der Waals surface area contributed by atoms with Gasteiger partial charge in [-0.25, -0.2) is 0 Å². The standard InChI is InChI=1S/C12H14Cl2N2O5/c1-2-12(5-17,6-18)15-11(19)8-3-7(16(20)21)4-9(13)10(8)14/h3-4,17-18H,2,5-6H2,1H3,(H,15,19). The van der Waals surface area contributed by atoms with E-state index in [0.717, 1.165) is 12.1 Å². The number of aliphatic hydroxyl groups excluding tert-OH is 2. The van der Waals surface area contributed by atoms with Gasteiger partial charge in [0.2, 0.25) is 0 Å². The molecule has 1 rings (SSSR count). The molecular formula is C12H14Cl2N2O5. The molecule has 0 atom stereocenters. The molecule has 0 aromatic heterocycles. The topological polar surface area (TPSA) is 113 Å². The summed E-state index contributed by atoms with van der Waals surface area (Å²) in [6, 6.07) is 2.02. The first-order valence-electron chi connectivity index (χ1n) is 5.98. The van der Waals surface area contributed by atoms with Gasteiger partial charge in [-0.05, 0) is 6.42 Å². The van der Waals surface area contributed by atoms with Gasteiger partial charge in [-0.3, -0.25) is 14.9 Å². The van der Waals surface area contributed by atoms with Gasteiger partial charge in [0.05, 0.1) is 39.3 Å². The number of non-ortho nitro benzene ring substituents is 1. The molecule has 0 fully saturated rings. The minimum absolute atomic E-state index is 0.133. The predicted octanol–water partition coefficient (Wildman–Crippen LogP) is 1.76. The van der Waals surface area contributed by atoms with Crippen LogP contribution >= 0.6 is 23.2 Å². The highest BCUT2D eigenvalue weighted by atomic mass is 35.5. The average molecular weight is 337 g/mol. The van der Waals surface area contributed by atoms with E-state index in [0.29, 0.717) is 0 Å². The van der Waals surface area contributed by atoms with E-state index in [1.54, 1.807) is 6.92 Å². The summed E-state index contributed by atoms with van der Waals surface area (Å²) in [6.45, 7) is 0.673. The van der Waals surface area contributed by atoms with Gasteiger partial charge in [-0.1, -0.05) is 30.1 Å². The van der Waals surface area contributed by atoms with Crippen LogP contribution in [0.4, 0.5) is 5.69 Å². The maximum absolute atomic E-state index is 12.2. The molecule has 0 unspecified atom stereocenters. The summed E-state index contributed by atoms with van der Waals surface area (Å²) in [7, 11) is 0. The monoisotopic (exact) mass is 336 g/mol. The van der Waals surface area contributed by atoms with Gasteiger partial charge < -0.3 is 15.5 Å². The van der Waals surface area contributed by atoms with Crippen LogP contribution in [0.3, 0.4) is 0 Å². The molecule has 3 N–H and O–H groups in total. The number of nitrogens with one attached hydrogen (secondary N) is 1. The molecule has 0 spiro atoms. The second-order valence-electron chi connectivity index (χ2n) is 4.45. The van der Waals surface area contributed by atoms with Crippen molar-refractivity contribution in [3.05, 3.63) is 37.9 Å². The molecule has 9 heteroatoms. The Bertz CT molecular complexity index is 553. The van der Waals surface area contributed by atoms with Crippen LogP contribution in [0.25, 0.3) is 0 Å². The van der Waals surface area contributed by atoms with Gasteiger partial charge in [0.15, 0.2) is 0 Å². The number of nitro benzene ring substituents is 1. The van der Waals surface area contributed by atoms with Crippen molar-refractivity contribution in [3.63, 3.8) is 0 Å². The highest BCUT2D eigenvalue weighted by molar-refractivity contribution is 6.44. The molecule has 0 aliphatic rings. The number of hydrogen-bond donors (Lipinski definition) is 3. The van der Waals surface area contributed by atoms with E-state index < -0.39 is 29.6 Å². The van der Waals surface area contributed by atoms with Crippen molar-refractivity contribution in [3.8, 4) is 0 Å². The zero-order chi connectivity index (χ0) is 16.2. The van der Waals surface area contributed by atoms with E-state index in [4.69, 9.17) is 23.2 Å². The van der Waals surface area contributed by atoms with E-state index in [9.17, 15) is 25.1 Å². The molecule has 0 aliphatic carbocycles. The Morgan fingerprint density at radius 2 is 1.95 bits per heavy atom. The van der Waals surface area contributed by atoms with E-state index in [-0.39, 0.29) is 27.7 Å². The lowest BCUT2D eigenvalue weighted by Gasteiger charge is -2.29. The molecule has 0 saturated heterocycles. The summed E-state index contributed by atoms with van der Waals surface area (Å²) in [5.41, 5.74) is -1.82. The number of hydrogen-bond acceptors (Lipinski definition) is 5. The van der Waals surface area contributed by atoms with Crippen LogP contribution in [-0.4, -0.2) is 39.8 Å². The van der Waals surface area contributed by atoms with Crippen molar-refractivity contribution in [1.29, 1.82) is 0 Å². The lowest BCUT2D eigenvalue weighted by atomic mass is 9.97. The second kappa shape index (κ2) is 7.04. The Labute approximate surface area is 130 Å². The molecule has 0 heterocycles. The number of nitro groups is 1. The van der Waals surface area contributed by atoms with Gasteiger partial charge in [0, 0.05) is 12.1 Å². The summed E-state index contributed by atoms with van der Waals surface area (Å²) in [5.74, 6) is -0.768. The predicted molar refractivity (Wildman–Crippen MR) is 77.8 cm³/mol. The Morgan fingerprint density at radius 3 is 2.38 bits per heavy atom. The highest BCUT2D eigenvalue weighted by Crippen LogP contribution is 2.31. The van der Waals surface area contributed by atoms with Gasteiger partial charge in [0.25, 0.3) is 11.6 Å². The molecule has 1 aromatic carbocycles. The first-order chi connectivity index (χ1) is 9.80. The van der Waals surface area contributed by atoms with Crippen LogP contribution in [0.15, 0.2) is 12.1 Å². The summed E-state index contributed by atoms with van der Waals surface area (Å²) in [4.78, 5) is 22.3. The van der Waals surface area contributed by atoms with Crippen LogP contribution in [-0.2, 0) is 0 Å². The minimum Gasteiger partial charge on any atom is -0.394 e. The van der Waals surface area contributed by atoms with Crippen molar-refractivity contribution in [2.45, 2.75) is 18.9 Å². The first kappa shape index (κ1) is 17.6. The fourth-order valence-electron chi connectivity index (χ4n) is 1.59. The fourth-order valence-corrected chi connectivity index (χ4v) is 2.00. The third kappa shape index (κ3) is 3.82. The molecular weight excluding hydrogens is 323 g/mol. The number of carbonyl (C=O) groups is 1. The van der Waals surface area contributed by atoms with E-state index in [2.05, 4.69) is 5.32 Å². The summed E-state index contributed by atoms with van der Waals surface area (Å²) >= 11 is 11.6.